The van der Waals surface area contributed by atoms with Crippen LogP contribution in [-0.2, 0) is 15.8 Å². The summed E-state index contributed by atoms with van der Waals surface area (Å²) in [7, 11) is -3.80. The lowest BCUT2D eigenvalue weighted by Crippen LogP contribution is -2.18. The molecule has 0 saturated heterocycles. The molecule has 0 bridgehead atoms. The molecule has 0 amide bonds. The van der Waals surface area contributed by atoms with Gasteiger partial charge in [0.25, 0.3) is 0 Å². The SMILES string of the molecule is NS(=O)(=O)Cc1ccc2c(c1)C(c1cccc(F)c1)Oc1cccc(OC(F)F)c1-2. The number of fused-ring (bicyclic) bond motifs is 3. The third-order valence-electron chi connectivity index (χ3n) is 4.64. The summed E-state index contributed by atoms with van der Waals surface area (Å²) in [5, 5.41) is 5.15. The second-order valence-electron chi connectivity index (χ2n) is 6.79. The molecule has 0 aliphatic carbocycles. The predicted molar refractivity (Wildman–Crippen MR) is 104 cm³/mol. The Morgan fingerprint density at radius 2 is 1.83 bits per heavy atom. The molecular formula is C21H16F3NO4S. The van der Waals surface area contributed by atoms with E-state index >= 15 is 0 Å². The zero-order chi connectivity index (χ0) is 21.5. The molecular weight excluding hydrogens is 419 g/mol. The van der Waals surface area contributed by atoms with E-state index in [9.17, 15) is 21.6 Å². The summed E-state index contributed by atoms with van der Waals surface area (Å²) < 4.78 is 73.4. The van der Waals surface area contributed by atoms with Crippen molar-refractivity contribution in [1.29, 1.82) is 0 Å². The van der Waals surface area contributed by atoms with Crippen molar-refractivity contribution < 1.29 is 31.1 Å². The molecule has 9 heteroatoms. The molecule has 1 unspecified atom stereocenters. The second-order valence-corrected chi connectivity index (χ2v) is 8.40. The largest absolute Gasteiger partial charge is 0.480 e. The van der Waals surface area contributed by atoms with Crippen LogP contribution in [0.4, 0.5) is 13.2 Å². The van der Waals surface area contributed by atoms with Gasteiger partial charge in [-0.3, -0.25) is 0 Å². The molecule has 4 rings (SSSR count). The van der Waals surface area contributed by atoms with E-state index in [2.05, 4.69) is 4.74 Å². The first kappa shape index (κ1) is 20.2. The zero-order valence-corrected chi connectivity index (χ0v) is 16.2. The minimum Gasteiger partial charge on any atom is -0.480 e. The average Bonchev–Trinajstić information content (AvgIpc) is 2.65. The Morgan fingerprint density at radius 1 is 1.07 bits per heavy atom. The first-order chi connectivity index (χ1) is 14.2. The average molecular weight is 435 g/mol. The van der Waals surface area contributed by atoms with Crippen LogP contribution in [0.5, 0.6) is 11.5 Å². The number of ether oxygens (including phenoxy) is 2. The van der Waals surface area contributed by atoms with Gasteiger partial charge in [-0.1, -0.05) is 36.4 Å². The highest BCUT2D eigenvalue weighted by atomic mass is 32.2. The second kappa shape index (κ2) is 7.66. The van der Waals surface area contributed by atoms with Crippen LogP contribution < -0.4 is 14.6 Å². The molecule has 0 spiro atoms. The van der Waals surface area contributed by atoms with E-state index in [1.807, 2.05) is 0 Å². The van der Waals surface area contributed by atoms with Gasteiger partial charge in [-0.2, -0.15) is 8.78 Å². The van der Waals surface area contributed by atoms with Gasteiger partial charge in [-0.05, 0) is 41.0 Å². The van der Waals surface area contributed by atoms with Crippen LogP contribution in [0.15, 0.2) is 60.7 Å². The van der Waals surface area contributed by atoms with Gasteiger partial charge < -0.3 is 9.47 Å². The number of hydrogen-bond donors (Lipinski definition) is 1. The van der Waals surface area contributed by atoms with E-state index in [1.165, 1.54) is 30.3 Å². The molecule has 3 aromatic carbocycles. The lowest BCUT2D eigenvalue weighted by molar-refractivity contribution is -0.0496. The number of halogens is 3. The van der Waals surface area contributed by atoms with Gasteiger partial charge in [-0.25, -0.2) is 17.9 Å². The minimum atomic E-state index is -3.80. The van der Waals surface area contributed by atoms with Crippen LogP contribution in [-0.4, -0.2) is 15.0 Å². The lowest BCUT2D eigenvalue weighted by Gasteiger charge is -2.30. The summed E-state index contributed by atoms with van der Waals surface area (Å²) in [5.41, 5.74) is 2.17. The van der Waals surface area contributed by atoms with Crippen molar-refractivity contribution in [2.45, 2.75) is 18.5 Å². The first-order valence-electron chi connectivity index (χ1n) is 8.85. The molecule has 1 aliphatic rings. The Balaban J connectivity index is 1.92. The van der Waals surface area contributed by atoms with E-state index in [0.29, 0.717) is 27.8 Å². The van der Waals surface area contributed by atoms with Gasteiger partial charge >= 0.3 is 6.61 Å². The third kappa shape index (κ3) is 4.12. The van der Waals surface area contributed by atoms with Crippen LogP contribution in [0, 0.1) is 5.82 Å². The molecule has 30 heavy (non-hydrogen) atoms. The van der Waals surface area contributed by atoms with Crippen molar-refractivity contribution in [1.82, 2.24) is 0 Å². The predicted octanol–water partition coefficient (Wildman–Crippen LogP) is 4.36. The van der Waals surface area contributed by atoms with Gasteiger partial charge in [0, 0.05) is 5.56 Å². The third-order valence-corrected chi connectivity index (χ3v) is 5.37. The summed E-state index contributed by atoms with van der Waals surface area (Å²) in [5.74, 6) is -0.688. The van der Waals surface area contributed by atoms with Crippen LogP contribution >= 0.6 is 0 Å². The van der Waals surface area contributed by atoms with E-state index in [1.54, 1.807) is 30.3 Å². The van der Waals surface area contributed by atoms with Gasteiger partial charge in [0.1, 0.15) is 23.4 Å². The Hall–Kier alpha value is -3.04. The Morgan fingerprint density at radius 3 is 2.53 bits per heavy atom. The fourth-order valence-electron chi connectivity index (χ4n) is 3.56. The molecule has 0 radical (unpaired) electrons. The number of sulfonamides is 1. The smallest absolute Gasteiger partial charge is 0.387 e. The number of benzene rings is 3. The topological polar surface area (TPSA) is 78.6 Å². The van der Waals surface area contributed by atoms with E-state index in [0.717, 1.165) is 0 Å². The normalized spacial score (nSPS) is 15.3. The summed E-state index contributed by atoms with van der Waals surface area (Å²) >= 11 is 0. The number of alkyl halides is 2. The number of hydrogen-bond acceptors (Lipinski definition) is 4. The number of primary sulfonamides is 1. The molecule has 0 fully saturated rings. The summed E-state index contributed by atoms with van der Waals surface area (Å²) in [4.78, 5) is 0. The van der Waals surface area contributed by atoms with Crippen molar-refractivity contribution in [2.24, 2.45) is 5.14 Å². The van der Waals surface area contributed by atoms with Crippen LogP contribution in [0.3, 0.4) is 0 Å². The molecule has 156 valence electrons. The zero-order valence-electron chi connectivity index (χ0n) is 15.4. The summed E-state index contributed by atoms with van der Waals surface area (Å²) in [6.45, 7) is -3.04. The van der Waals surface area contributed by atoms with Gasteiger partial charge in [0.2, 0.25) is 10.0 Å². The standard InChI is InChI=1S/C21H16F3NO4S/c22-14-4-1-3-13(10-14)20-16-9-12(11-30(25,26)27)7-8-15(16)19-17(28-20)5-2-6-18(19)29-21(23)24/h1-10,20-21H,11H2,(H2,25,26,27). The molecule has 3 aromatic rings. The Bertz CT molecular complexity index is 1210. The van der Waals surface area contributed by atoms with Crippen LogP contribution in [0.2, 0.25) is 0 Å². The van der Waals surface area contributed by atoms with Crippen molar-refractivity contribution in [3.8, 4) is 22.6 Å². The van der Waals surface area contributed by atoms with Crippen molar-refractivity contribution >= 4 is 10.0 Å². The highest BCUT2D eigenvalue weighted by molar-refractivity contribution is 7.88. The maximum absolute atomic E-state index is 13.8. The molecule has 2 N–H and O–H groups in total. The van der Waals surface area contributed by atoms with E-state index < -0.39 is 34.3 Å². The number of nitrogens with two attached hydrogens (primary N) is 1. The van der Waals surface area contributed by atoms with Gasteiger partial charge in [0.15, 0.2) is 0 Å². The summed E-state index contributed by atoms with van der Waals surface area (Å²) in [6, 6.07) is 15.0. The minimum absolute atomic E-state index is 0.0827. The van der Waals surface area contributed by atoms with E-state index in [-0.39, 0.29) is 11.5 Å². The van der Waals surface area contributed by atoms with Gasteiger partial charge in [0.05, 0.1) is 11.3 Å². The fraction of sp³-hybridized carbons (Fsp3) is 0.143. The van der Waals surface area contributed by atoms with Crippen LogP contribution in [0.25, 0.3) is 11.1 Å². The quantitative estimate of drug-likeness (QED) is 0.646. The fourth-order valence-corrected chi connectivity index (χ4v) is 4.20. The van der Waals surface area contributed by atoms with Crippen molar-refractivity contribution in [2.75, 3.05) is 0 Å². The maximum atomic E-state index is 13.8. The van der Waals surface area contributed by atoms with Crippen molar-refractivity contribution in [3.63, 3.8) is 0 Å². The molecule has 0 saturated carbocycles. The summed E-state index contributed by atoms with van der Waals surface area (Å²) in [6.07, 6.45) is -0.787. The molecule has 1 atom stereocenters. The lowest BCUT2D eigenvalue weighted by atomic mass is 9.88. The molecule has 5 nitrogen and oxygen atoms in total. The number of rotatable bonds is 5. The van der Waals surface area contributed by atoms with Gasteiger partial charge in [-0.15, -0.1) is 0 Å². The first-order valence-corrected chi connectivity index (χ1v) is 10.6. The molecule has 0 aromatic heterocycles. The monoisotopic (exact) mass is 435 g/mol. The highest BCUT2D eigenvalue weighted by Crippen LogP contribution is 2.49. The van der Waals surface area contributed by atoms with Crippen molar-refractivity contribution in [3.05, 3.63) is 83.2 Å². The molecule has 1 aliphatic heterocycles. The Kier molecular flexibility index (Phi) is 5.17. The molecule has 1 heterocycles. The highest BCUT2D eigenvalue weighted by Gasteiger charge is 2.31. The maximum Gasteiger partial charge on any atom is 0.387 e. The van der Waals surface area contributed by atoms with E-state index in [4.69, 9.17) is 9.88 Å². The van der Waals surface area contributed by atoms with Crippen LogP contribution in [0.1, 0.15) is 22.8 Å². The Labute approximate surface area is 170 Å².